The van der Waals surface area contributed by atoms with Gasteiger partial charge in [0, 0.05) is 5.92 Å². The number of ether oxygens (including phenoxy) is 2. The normalized spacial score (nSPS) is 60.0. The molecule has 2 heterocycles. The lowest BCUT2D eigenvalue weighted by atomic mass is 9.52. The van der Waals surface area contributed by atoms with Gasteiger partial charge in [-0.3, -0.25) is 4.79 Å². The summed E-state index contributed by atoms with van der Waals surface area (Å²) in [6.07, 6.45) is 0.667. The minimum absolute atomic E-state index is 0.0881. The Kier molecular flexibility index (Phi) is 2.21. The highest BCUT2D eigenvalue weighted by Gasteiger charge is 2.84. The Hall–Kier alpha value is -0.650. The van der Waals surface area contributed by atoms with Crippen molar-refractivity contribution in [3.63, 3.8) is 0 Å². The molecule has 2 saturated carbocycles. The summed E-state index contributed by atoms with van der Waals surface area (Å²) in [5, 5.41) is 22.5. The topological polar surface area (TPSA) is 76.0 Å². The second-order valence-electron chi connectivity index (χ2n) is 7.53. The first-order valence-electron chi connectivity index (χ1n) is 7.56. The molecule has 5 heteroatoms. The first-order valence-corrected chi connectivity index (χ1v) is 7.56. The fourth-order valence-corrected chi connectivity index (χ4v) is 5.58. The molecule has 0 amide bonds. The maximum absolute atomic E-state index is 12.3. The van der Waals surface area contributed by atoms with Gasteiger partial charge in [-0.05, 0) is 24.7 Å². The maximum Gasteiger partial charge on any atom is 0.312 e. The summed E-state index contributed by atoms with van der Waals surface area (Å²) in [6, 6.07) is 0. The van der Waals surface area contributed by atoms with Crippen molar-refractivity contribution in [2.24, 2.45) is 29.1 Å². The van der Waals surface area contributed by atoms with Gasteiger partial charge in [0.25, 0.3) is 0 Å². The lowest BCUT2D eigenvalue weighted by Gasteiger charge is -2.55. The third kappa shape index (κ3) is 1.02. The summed E-state index contributed by atoms with van der Waals surface area (Å²) < 4.78 is 11.2. The highest BCUT2D eigenvalue weighted by molar-refractivity contribution is 5.78. The van der Waals surface area contributed by atoms with E-state index in [0.29, 0.717) is 13.0 Å². The van der Waals surface area contributed by atoms with Gasteiger partial charge in [-0.1, -0.05) is 20.8 Å². The number of hydrogen-bond acceptors (Lipinski definition) is 5. The second-order valence-corrected chi connectivity index (χ2v) is 7.53. The maximum atomic E-state index is 12.3. The van der Waals surface area contributed by atoms with Gasteiger partial charge in [-0.2, -0.15) is 0 Å². The molecule has 0 radical (unpaired) electrons. The number of esters is 1. The molecule has 0 aromatic rings. The van der Waals surface area contributed by atoms with Crippen LogP contribution in [0.4, 0.5) is 0 Å². The van der Waals surface area contributed by atoms with E-state index in [9.17, 15) is 15.0 Å². The molecule has 4 aliphatic rings. The predicted molar refractivity (Wildman–Crippen MR) is 68.4 cm³/mol. The van der Waals surface area contributed by atoms with Crippen LogP contribution in [0.3, 0.4) is 0 Å². The van der Waals surface area contributed by atoms with E-state index in [1.165, 1.54) is 0 Å². The third-order valence-electron chi connectivity index (χ3n) is 6.74. The Morgan fingerprint density at radius 3 is 2.70 bits per heavy atom. The third-order valence-corrected chi connectivity index (χ3v) is 6.74. The molecule has 112 valence electrons. The zero-order valence-corrected chi connectivity index (χ0v) is 12.1. The molecule has 0 aromatic heterocycles. The van der Waals surface area contributed by atoms with Crippen LogP contribution in [0.5, 0.6) is 0 Å². The minimum Gasteiger partial charge on any atom is -0.456 e. The molecular formula is C15H22O5. The molecular weight excluding hydrogens is 260 g/mol. The van der Waals surface area contributed by atoms with Crippen molar-refractivity contribution < 1.29 is 24.5 Å². The van der Waals surface area contributed by atoms with E-state index in [2.05, 4.69) is 0 Å². The number of rotatable bonds is 1. The smallest absolute Gasteiger partial charge is 0.312 e. The standard InChI is InChI=1S/C15H22O5/c1-7(2)9-10-12(16)20-11(9)15(18)13(3)8(6-19-15)4-5-14(10,13)17/h7-11,17-18H,4-6H2,1-3H3. The van der Waals surface area contributed by atoms with Gasteiger partial charge in [0.1, 0.15) is 0 Å². The van der Waals surface area contributed by atoms with E-state index >= 15 is 0 Å². The average Bonchev–Trinajstić information content (AvgIpc) is 2.93. The average molecular weight is 282 g/mol. The lowest BCUT2D eigenvalue weighted by Crippen LogP contribution is -2.70. The summed E-state index contributed by atoms with van der Waals surface area (Å²) >= 11 is 0. The highest BCUT2D eigenvalue weighted by Crippen LogP contribution is 2.71. The number of carbonyl (C=O) groups is 1. The molecule has 2 bridgehead atoms. The van der Waals surface area contributed by atoms with E-state index < -0.39 is 28.8 Å². The molecule has 20 heavy (non-hydrogen) atoms. The van der Waals surface area contributed by atoms with Crippen LogP contribution in [0.1, 0.15) is 33.6 Å². The summed E-state index contributed by atoms with van der Waals surface area (Å²) in [6.45, 7) is 6.31. The number of hydrogen-bond donors (Lipinski definition) is 2. The molecule has 0 aromatic carbocycles. The second kappa shape index (κ2) is 3.39. The van der Waals surface area contributed by atoms with E-state index in [0.717, 1.165) is 6.42 Å². The molecule has 7 unspecified atom stereocenters. The molecule has 0 spiro atoms. The first-order chi connectivity index (χ1) is 9.27. The van der Waals surface area contributed by atoms with Crippen molar-refractivity contribution in [3.05, 3.63) is 0 Å². The summed E-state index contributed by atoms with van der Waals surface area (Å²) in [5.41, 5.74) is -2.03. The molecule has 2 aliphatic carbocycles. The van der Waals surface area contributed by atoms with Crippen molar-refractivity contribution >= 4 is 5.97 Å². The van der Waals surface area contributed by atoms with E-state index in [4.69, 9.17) is 9.47 Å². The number of fused-ring (bicyclic) bond motifs is 4. The Morgan fingerprint density at radius 1 is 1.35 bits per heavy atom. The Morgan fingerprint density at radius 2 is 2.05 bits per heavy atom. The summed E-state index contributed by atoms with van der Waals surface area (Å²) in [4.78, 5) is 12.3. The largest absolute Gasteiger partial charge is 0.456 e. The van der Waals surface area contributed by atoms with Crippen LogP contribution in [0.15, 0.2) is 0 Å². The van der Waals surface area contributed by atoms with Crippen LogP contribution in [0.25, 0.3) is 0 Å². The molecule has 7 atom stereocenters. The lowest BCUT2D eigenvalue weighted by molar-refractivity contribution is -0.334. The van der Waals surface area contributed by atoms with Gasteiger partial charge in [0.05, 0.1) is 23.5 Å². The van der Waals surface area contributed by atoms with Crippen LogP contribution < -0.4 is 0 Å². The van der Waals surface area contributed by atoms with Gasteiger partial charge < -0.3 is 19.7 Å². The highest BCUT2D eigenvalue weighted by atomic mass is 16.7. The van der Waals surface area contributed by atoms with Crippen LogP contribution >= 0.6 is 0 Å². The Labute approximate surface area is 118 Å². The van der Waals surface area contributed by atoms with Crippen LogP contribution in [0, 0.1) is 29.1 Å². The SMILES string of the molecule is CC(C)C1C2C(=O)OC1C1(O)OCC3CCC2(O)C31C. The summed E-state index contributed by atoms with van der Waals surface area (Å²) in [7, 11) is 0. The predicted octanol–water partition coefficient (Wildman–Crippen LogP) is 0.680. The molecule has 5 nitrogen and oxygen atoms in total. The van der Waals surface area contributed by atoms with Crippen LogP contribution in [-0.2, 0) is 14.3 Å². The van der Waals surface area contributed by atoms with E-state index in [-0.39, 0.29) is 23.7 Å². The van der Waals surface area contributed by atoms with Crippen molar-refractivity contribution in [2.75, 3.05) is 6.61 Å². The van der Waals surface area contributed by atoms with E-state index in [1.807, 2.05) is 20.8 Å². The van der Waals surface area contributed by atoms with Crippen molar-refractivity contribution in [3.8, 4) is 0 Å². The van der Waals surface area contributed by atoms with Crippen molar-refractivity contribution in [2.45, 2.75) is 51.1 Å². The first kappa shape index (κ1) is 13.0. The molecule has 2 aliphatic heterocycles. The number of carbonyl (C=O) groups excluding carboxylic acids is 1. The Balaban J connectivity index is 1.96. The minimum atomic E-state index is -1.56. The fourth-order valence-electron chi connectivity index (χ4n) is 5.58. The Bertz CT molecular complexity index is 491. The molecule has 2 saturated heterocycles. The quantitative estimate of drug-likeness (QED) is 0.692. The van der Waals surface area contributed by atoms with Crippen molar-refractivity contribution in [1.82, 2.24) is 0 Å². The molecule has 2 N–H and O–H groups in total. The van der Waals surface area contributed by atoms with Gasteiger partial charge in [-0.25, -0.2) is 0 Å². The zero-order valence-electron chi connectivity index (χ0n) is 12.1. The number of aliphatic hydroxyl groups is 2. The fraction of sp³-hybridized carbons (Fsp3) is 0.933. The van der Waals surface area contributed by atoms with Crippen molar-refractivity contribution in [1.29, 1.82) is 0 Å². The molecule has 4 rings (SSSR count). The van der Waals surface area contributed by atoms with Gasteiger partial charge in [-0.15, -0.1) is 0 Å². The summed E-state index contributed by atoms with van der Waals surface area (Å²) in [5.74, 6) is -2.43. The van der Waals surface area contributed by atoms with Crippen LogP contribution in [-0.4, -0.2) is 40.3 Å². The van der Waals surface area contributed by atoms with Gasteiger partial charge >= 0.3 is 5.97 Å². The zero-order chi connectivity index (χ0) is 14.5. The van der Waals surface area contributed by atoms with Gasteiger partial charge in [0.15, 0.2) is 6.10 Å². The van der Waals surface area contributed by atoms with Crippen LogP contribution in [0.2, 0.25) is 0 Å². The monoisotopic (exact) mass is 282 g/mol. The molecule has 4 fully saturated rings. The van der Waals surface area contributed by atoms with Gasteiger partial charge in [0.2, 0.25) is 5.79 Å². The van der Waals surface area contributed by atoms with E-state index in [1.54, 1.807) is 0 Å².